The van der Waals surface area contributed by atoms with Crippen LogP contribution in [0, 0.1) is 18.7 Å². The summed E-state index contributed by atoms with van der Waals surface area (Å²) in [4.78, 5) is -0.267. The van der Waals surface area contributed by atoms with Gasteiger partial charge in [-0.05, 0) is 56.5 Å². The van der Waals surface area contributed by atoms with Crippen LogP contribution in [0.15, 0.2) is 23.1 Å². The first kappa shape index (κ1) is 14.4. The summed E-state index contributed by atoms with van der Waals surface area (Å²) in [5, 5.41) is 3.22. The van der Waals surface area contributed by atoms with E-state index in [4.69, 9.17) is 0 Å². The SMILES string of the molecule is Cc1ccc(F)c(S(=O)(=O)NCC2CCCNC2)c1. The number of hydrogen-bond donors (Lipinski definition) is 2. The van der Waals surface area contributed by atoms with Gasteiger partial charge in [0.2, 0.25) is 10.0 Å². The molecule has 1 unspecified atom stereocenters. The molecule has 1 aromatic rings. The minimum absolute atomic E-state index is 0.267. The lowest BCUT2D eigenvalue weighted by Gasteiger charge is -2.22. The third-order valence-corrected chi connectivity index (χ3v) is 4.78. The standard InChI is InChI=1S/C13H19FN2O2S/c1-10-4-5-12(14)13(7-10)19(17,18)16-9-11-3-2-6-15-8-11/h4-5,7,11,15-16H,2-3,6,8-9H2,1H3. The van der Waals surface area contributed by atoms with Gasteiger partial charge < -0.3 is 5.32 Å². The van der Waals surface area contributed by atoms with Crippen molar-refractivity contribution in [1.82, 2.24) is 10.0 Å². The number of piperidine rings is 1. The molecular formula is C13H19FN2O2S. The molecular weight excluding hydrogens is 267 g/mol. The maximum Gasteiger partial charge on any atom is 0.243 e. The Morgan fingerprint density at radius 2 is 2.26 bits per heavy atom. The van der Waals surface area contributed by atoms with Crippen molar-refractivity contribution in [3.63, 3.8) is 0 Å². The van der Waals surface area contributed by atoms with Crippen LogP contribution < -0.4 is 10.0 Å². The molecule has 1 aromatic carbocycles. The molecule has 0 radical (unpaired) electrons. The maximum absolute atomic E-state index is 13.6. The Morgan fingerprint density at radius 3 is 2.95 bits per heavy atom. The van der Waals surface area contributed by atoms with Gasteiger partial charge in [0.1, 0.15) is 10.7 Å². The van der Waals surface area contributed by atoms with Crippen molar-refractivity contribution in [3.05, 3.63) is 29.6 Å². The van der Waals surface area contributed by atoms with Crippen LogP contribution in [0.1, 0.15) is 18.4 Å². The van der Waals surface area contributed by atoms with Crippen molar-refractivity contribution in [2.45, 2.75) is 24.7 Å². The molecule has 0 saturated carbocycles. The molecule has 4 nitrogen and oxygen atoms in total. The zero-order valence-corrected chi connectivity index (χ0v) is 11.8. The summed E-state index contributed by atoms with van der Waals surface area (Å²) in [6.45, 7) is 3.88. The summed E-state index contributed by atoms with van der Waals surface area (Å²) in [6.07, 6.45) is 2.04. The van der Waals surface area contributed by atoms with E-state index in [-0.39, 0.29) is 10.8 Å². The van der Waals surface area contributed by atoms with Crippen molar-refractivity contribution in [1.29, 1.82) is 0 Å². The Bertz CT molecular complexity index is 540. The van der Waals surface area contributed by atoms with Crippen molar-refractivity contribution in [3.8, 4) is 0 Å². The van der Waals surface area contributed by atoms with E-state index in [0.29, 0.717) is 6.54 Å². The molecule has 1 heterocycles. The number of nitrogens with one attached hydrogen (secondary N) is 2. The van der Waals surface area contributed by atoms with Gasteiger partial charge in [0, 0.05) is 6.54 Å². The van der Waals surface area contributed by atoms with Crippen LogP contribution in [0.3, 0.4) is 0 Å². The van der Waals surface area contributed by atoms with Gasteiger partial charge >= 0.3 is 0 Å². The lowest BCUT2D eigenvalue weighted by molar-refractivity contribution is 0.375. The third kappa shape index (κ3) is 3.75. The van der Waals surface area contributed by atoms with Gasteiger partial charge in [-0.15, -0.1) is 0 Å². The number of aryl methyl sites for hydroxylation is 1. The minimum Gasteiger partial charge on any atom is -0.316 e. The topological polar surface area (TPSA) is 58.2 Å². The molecule has 0 bridgehead atoms. The Labute approximate surface area is 113 Å². The highest BCUT2D eigenvalue weighted by Gasteiger charge is 2.21. The average Bonchev–Trinajstić information content (AvgIpc) is 2.40. The van der Waals surface area contributed by atoms with Crippen LogP contribution in [0.5, 0.6) is 0 Å². The van der Waals surface area contributed by atoms with Crippen LogP contribution in [0.25, 0.3) is 0 Å². The molecule has 19 heavy (non-hydrogen) atoms. The van der Waals surface area contributed by atoms with Gasteiger partial charge in [-0.1, -0.05) is 6.07 Å². The lowest BCUT2D eigenvalue weighted by Crippen LogP contribution is -2.38. The molecule has 1 aliphatic heterocycles. The Balaban J connectivity index is 2.07. The highest BCUT2D eigenvalue weighted by atomic mass is 32.2. The molecule has 1 aliphatic rings. The van der Waals surface area contributed by atoms with Crippen LogP contribution in [0.2, 0.25) is 0 Å². The van der Waals surface area contributed by atoms with E-state index in [1.807, 2.05) is 0 Å². The molecule has 2 N–H and O–H groups in total. The highest BCUT2D eigenvalue weighted by Crippen LogP contribution is 2.17. The van der Waals surface area contributed by atoms with E-state index < -0.39 is 15.8 Å². The molecule has 1 fully saturated rings. The summed E-state index contributed by atoms with van der Waals surface area (Å²) < 4.78 is 40.3. The summed E-state index contributed by atoms with van der Waals surface area (Å²) in [6, 6.07) is 4.10. The molecule has 0 amide bonds. The molecule has 106 valence electrons. The van der Waals surface area contributed by atoms with E-state index in [9.17, 15) is 12.8 Å². The summed E-state index contributed by atoms with van der Waals surface area (Å²) in [7, 11) is -3.77. The second-order valence-corrected chi connectivity index (χ2v) is 6.73. The quantitative estimate of drug-likeness (QED) is 0.880. The first-order chi connectivity index (χ1) is 8.99. The fourth-order valence-corrected chi connectivity index (χ4v) is 3.50. The molecule has 0 spiro atoms. The first-order valence-corrected chi connectivity index (χ1v) is 7.94. The first-order valence-electron chi connectivity index (χ1n) is 6.45. The number of hydrogen-bond acceptors (Lipinski definition) is 3. The van der Waals surface area contributed by atoms with Crippen molar-refractivity contribution < 1.29 is 12.8 Å². The molecule has 0 aromatic heterocycles. The number of sulfonamides is 1. The predicted octanol–water partition coefficient (Wildman–Crippen LogP) is 1.41. The van der Waals surface area contributed by atoms with Gasteiger partial charge in [-0.2, -0.15) is 0 Å². The Hall–Kier alpha value is -0.980. The zero-order chi connectivity index (χ0) is 13.9. The van der Waals surface area contributed by atoms with E-state index in [0.717, 1.165) is 31.5 Å². The van der Waals surface area contributed by atoms with Gasteiger partial charge in [-0.3, -0.25) is 0 Å². The molecule has 0 aliphatic carbocycles. The molecule has 6 heteroatoms. The fraction of sp³-hybridized carbons (Fsp3) is 0.538. The van der Waals surface area contributed by atoms with Crippen LogP contribution in [-0.2, 0) is 10.0 Å². The van der Waals surface area contributed by atoms with Crippen LogP contribution in [-0.4, -0.2) is 28.1 Å². The lowest BCUT2D eigenvalue weighted by atomic mass is 10.0. The average molecular weight is 286 g/mol. The maximum atomic E-state index is 13.6. The van der Waals surface area contributed by atoms with E-state index in [1.165, 1.54) is 12.1 Å². The van der Waals surface area contributed by atoms with Crippen molar-refractivity contribution in [2.75, 3.05) is 19.6 Å². The van der Waals surface area contributed by atoms with Gasteiger partial charge in [-0.25, -0.2) is 17.5 Å². The van der Waals surface area contributed by atoms with Crippen molar-refractivity contribution in [2.24, 2.45) is 5.92 Å². The van der Waals surface area contributed by atoms with Gasteiger partial charge in [0.15, 0.2) is 0 Å². The largest absolute Gasteiger partial charge is 0.316 e. The second kappa shape index (κ2) is 5.98. The Kier molecular flexibility index (Phi) is 4.54. The molecule has 1 atom stereocenters. The zero-order valence-electron chi connectivity index (χ0n) is 10.9. The normalized spacial score (nSPS) is 20.4. The van der Waals surface area contributed by atoms with Crippen LogP contribution in [0.4, 0.5) is 4.39 Å². The molecule has 2 rings (SSSR count). The predicted molar refractivity (Wildman–Crippen MR) is 71.9 cm³/mol. The molecule has 1 saturated heterocycles. The van der Waals surface area contributed by atoms with Crippen LogP contribution >= 0.6 is 0 Å². The summed E-state index contributed by atoms with van der Waals surface area (Å²) in [5.74, 6) is -0.434. The monoisotopic (exact) mass is 286 g/mol. The van der Waals surface area contributed by atoms with E-state index in [1.54, 1.807) is 13.0 Å². The summed E-state index contributed by atoms with van der Waals surface area (Å²) >= 11 is 0. The summed E-state index contributed by atoms with van der Waals surface area (Å²) in [5.41, 5.74) is 0.723. The number of benzene rings is 1. The van der Waals surface area contributed by atoms with E-state index >= 15 is 0 Å². The Morgan fingerprint density at radius 1 is 1.47 bits per heavy atom. The third-order valence-electron chi connectivity index (χ3n) is 3.34. The smallest absolute Gasteiger partial charge is 0.243 e. The van der Waals surface area contributed by atoms with Gasteiger partial charge in [0.05, 0.1) is 0 Å². The van der Waals surface area contributed by atoms with Gasteiger partial charge in [0.25, 0.3) is 0 Å². The number of halogens is 1. The highest BCUT2D eigenvalue weighted by molar-refractivity contribution is 7.89. The van der Waals surface area contributed by atoms with Crippen molar-refractivity contribution >= 4 is 10.0 Å². The van der Waals surface area contributed by atoms with E-state index in [2.05, 4.69) is 10.0 Å². The minimum atomic E-state index is -3.77. The fourth-order valence-electron chi connectivity index (χ4n) is 2.22. The number of rotatable bonds is 4. The second-order valence-electron chi connectivity index (χ2n) is 5.00.